The van der Waals surface area contributed by atoms with Gasteiger partial charge < -0.3 is 10.2 Å². The van der Waals surface area contributed by atoms with Crippen molar-refractivity contribution in [3.8, 4) is 0 Å². The molecule has 2 aromatic rings. The number of anilines is 1. The quantitative estimate of drug-likeness (QED) is 0.573. The van der Waals surface area contributed by atoms with Crippen LogP contribution in [0.2, 0.25) is 0 Å². The van der Waals surface area contributed by atoms with E-state index in [1.165, 1.54) is 41.3 Å². The van der Waals surface area contributed by atoms with Gasteiger partial charge in [0, 0.05) is 35.7 Å². The number of aryl methyl sites for hydroxylation is 1. The van der Waals surface area contributed by atoms with Crippen LogP contribution in [0.1, 0.15) is 28.8 Å². The van der Waals surface area contributed by atoms with Gasteiger partial charge in [0.1, 0.15) is 6.04 Å². The number of nitrogens with one attached hydrogen (secondary N) is 1. The fourth-order valence-corrected chi connectivity index (χ4v) is 4.14. The molecule has 0 radical (unpaired) electrons. The molecule has 30 heavy (non-hydrogen) atoms. The highest BCUT2D eigenvalue weighted by molar-refractivity contribution is 7.90. The molecule has 158 valence electrons. The fraction of sp³-hybridized carbons (Fsp3) is 0.300. The minimum absolute atomic E-state index is 0.0759. The molecule has 0 aromatic heterocycles. The zero-order valence-electron chi connectivity index (χ0n) is 16.5. The van der Waals surface area contributed by atoms with Gasteiger partial charge in [-0.15, -0.1) is 0 Å². The van der Waals surface area contributed by atoms with Crippen molar-refractivity contribution < 1.29 is 22.9 Å². The van der Waals surface area contributed by atoms with E-state index in [1.54, 1.807) is 13.0 Å². The van der Waals surface area contributed by atoms with Gasteiger partial charge >= 0.3 is 0 Å². The van der Waals surface area contributed by atoms with Gasteiger partial charge in [0.05, 0.1) is 9.82 Å². The molecule has 2 aromatic carbocycles. The lowest BCUT2D eigenvalue weighted by atomic mass is 10.1. The van der Waals surface area contributed by atoms with Gasteiger partial charge in [-0.1, -0.05) is 6.07 Å². The van der Waals surface area contributed by atoms with Crippen LogP contribution in [0.15, 0.2) is 47.4 Å². The minimum atomic E-state index is -3.42. The average Bonchev–Trinajstić information content (AvgIpc) is 3.16. The highest BCUT2D eigenvalue weighted by atomic mass is 32.2. The van der Waals surface area contributed by atoms with Gasteiger partial charge in [0.25, 0.3) is 11.6 Å². The van der Waals surface area contributed by atoms with Crippen LogP contribution in [0.3, 0.4) is 0 Å². The molecule has 10 heteroatoms. The first kappa shape index (κ1) is 21.4. The van der Waals surface area contributed by atoms with Crippen LogP contribution in [0.25, 0.3) is 0 Å². The summed E-state index contributed by atoms with van der Waals surface area (Å²) < 4.78 is 23.4. The number of benzene rings is 2. The van der Waals surface area contributed by atoms with Crippen molar-refractivity contribution in [2.24, 2.45) is 0 Å². The van der Waals surface area contributed by atoms with E-state index in [4.69, 9.17) is 0 Å². The summed E-state index contributed by atoms with van der Waals surface area (Å²) in [4.78, 5) is 37.7. The van der Waals surface area contributed by atoms with E-state index in [0.29, 0.717) is 30.6 Å². The molecule has 1 heterocycles. The van der Waals surface area contributed by atoms with Crippen LogP contribution in [0.5, 0.6) is 0 Å². The largest absolute Gasteiger partial charge is 0.327 e. The summed E-state index contributed by atoms with van der Waals surface area (Å²) in [6.45, 7) is 1.94. The van der Waals surface area contributed by atoms with Crippen molar-refractivity contribution in [2.75, 3.05) is 18.1 Å². The molecule has 2 amide bonds. The first-order valence-corrected chi connectivity index (χ1v) is 11.1. The third-order valence-corrected chi connectivity index (χ3v) is 6.10. The van der Waals surface area contributed by atoms with Crippen molar-refractivity contribution in [1.29, 1.82) is 0 Å². The second kappa shape index (κ2) is 8.23. The van der Waals surface area contributed by atoms with E-state index in [2.05, 4.69) is 5.32 Å². The van der Waals surface area contributed by atoms with Crippen molar-refractivity contribution in [3.05, 3.63) is 63.7 Å². The molecular weight excluding hydrogens is 410 g/mol. The number of sulfone groups is 1. The Morgan fingerprint density at radius 3 is 2.57 bits per heavy atom. The normalized spacial score (nSPS) is 16.3. The Balaban J connectivity index is 1.78. The third-order valence-electron chi connectivity index (χ3n) is 4.99. The van der Waals surface area contributed by atoms with Crippen LogP contribution in [0.4, 0.5) is 11.4 Å². The Kier molecular flexibility index (Phi) is 5.88. The number of likely N-dealkylation sites (tertiary alicyclic amines) is 1. The molecule has 0 spiro atoms. The maximum atomic E-state index is 12.9. The molecule has 0 bridgehead atoms. The number of nitro groups is 1. The molecule has 1 N–H and O–H groups in total. The second-order valence-electron chi connectivity index (χ2n) is 7.20. The van der Waals surface area contributed by atoms with Gasteiger partial charge in [-0.25, -0.2) is 8.42 Å². The summed E-state index contributed by atoms with van der Waals surface area (Å²) in [5.74, 6) is -0.791. The number of nitro benzene ring substituents is 1. The van der Waals surface area contributed by atoms with Crippen LogP contribution in [0, 0.1) is 17.0 Å². The molecule has 1 fully saturated rings. The van der Waals surface area contributed by atoms with Crippen molar-refractivity contribution in [1.82, 2.24) is 4.90 Å². The Bertz CT molecular complexity index is 1130. The summed E-state index contributed by atoms with van der Waals surface area (Å²) >= 11 is 0. The molecule has 1 saturated heterocycles. The number of carbonyl (C=O) groups is 2. The number of hydrogen-bond donors (Lipinski definition) is 1. The molecule has 0 aliphatic carbocycles. The van der Waals surface area contributed by atoms with Crippen molar-refractivity contribution in [2.45, 2.75) is 30.7 Å². The maximum absolute atomic E-state index is 12.9. The van der Waals surface area contributed by atoms with Crippen LogP contribution >= 0.6 is 0 Å². The second-order valence-corrected chi connectivity index (χ2v) is 9.22. The minimum Gasteiger partial charge on any atom is -0.327 e. The highest BCUT2D eigenvalue weighted by Crippen LogP contribution is 2.25. The molecule has 0 saturated carbocycles. The van der Waals surface area contributed by atoms with Gasteiger partial charge in [-0.2, -0.15) is 0 Å². The topological polar surface area (TPSA) is 127 Å². The highest BCUT2D eigenvalue weighted by Gasteiger charge is 2.35. The van der Waals surface area contributed by atoms with E-state index in [9.17, 15) is 28.1 Å². The maximum Gasteiger partial charge on any atom is 0.272 e. The van der Waals surface area contributed by atoms with E-state index in [0.717, 1.165) is 6.26 Å². The summed E-state index contributed by atoms with van der Waals surface area (Å²) in [6, 6.07) is 9.32. The lowest BCUT2D eigenvalue weighted by Gasteiger charge is -2.24. The fourth-order valence-electron chi connectivity index (χ4n) is 3.47. The number of nitrogens with zero attached hydrogens (tertiary/aromatic N) is 2. The Morgan fingerprint density at radius 1 is 1.20 bits per heavy atom. The van der Waals surface area contributed by atoms with Gasteiger partial charge in [-0.05, 0) is 50.1 Å². The monoisotopic (exact) mass is 431 g/mol. The lowest BCUT2D eigenvalue weighted by molar-refractivity contribution is -0.385. The van der Waals surface area contributed by atoms with Crippen molar-refractivity contribution in [3.63, 3.8) is 0 Å². The Hall–Kier alpha value is -3.27. The molecule has 1 aliphatic heterocycles. The van der Waals surface area contributed by atoms with E-state index < -0.39 is 26.7 Å². The first-order chi connectivity index (χ1) is 14.1. The summed E-state index contributed by atoms with van der Waals surface area (Å²) in [7, 11) is -3.42. The van der Waals surface area contributed by atoms with Gasteiger partial charge in [0.15, 0.2) is 9.84 Å². The molecule has 1 aliphatic rings. The van der Waals surface area contributed by atoms with E-state index >= 15 is 0 Å². The smallest absolute Gasteiger partial charge is 0.272 e. The summed E-state index contributed by atoms with van der Waals surface area (Å²) in [6.07, 6.45) is 2.19. The van der Waals surface area contributed by atoms with E-state index in [-0.39, 0.29) is 22.1 Å². The molecule has 9 nitrogen and oxygen atoms in total. The van der Waals surface area contributed by atoms with E-state index in [1.807, 2.05) is 0 Å². The number of hydrogen-bond acceptors (Lipinski definition) is 6. The van der Waals surface area contributed by atoms with Crippen molar-refractivity contribution >= 4 is 33.0 Å². The number of rotatable bonds is 5. The van der Waals surface area contributed by atoms with Crippen LogP contribution in [-0.4, -0.2) is 48.9 Å². The molecule has 3 rings (SSSR count). The van der Waals surface area contributed by atoms with Gasteiger partial charge in [0.2, 0.25) is 5.91 Å². The number of carbonyl (C=O) groups excluding carboxylic acids is 2. The molecular formula is C20H21N3O6S. The average molecular weight is 431 g/mol. The Labute approximate surface area is 173 Å². The van der Waals surface area contributed by atoms with Crippen LogP contribution in [-0.2, 0) is 14.6 Å². The van der Waals surface area contributed by atoms with Gasteiger partial charge in [-0.3, -0.25) is 19.7 Å². The SMILES string of the molecule is Cc1cc(C(=O)N2CCCC2C(=O)Nc2cccc(S(C)(=O)=O)c2)ccc1[N+](=O)[O-]. The third kappa shape index (κ3) is 4.48. The predicted molar refractivity (Wildman–Crippen MR) is 110 cm³/mol. The zero-order chi connectivity index (χ0) is 22.1. The van der Waals surface area contributed by atoms with Crippen LogP contribution < -0.4 is 5.32 Å². The first-order valence-electron chi connectivity index (χ1n) is 9.25. The summed E-state index contributed by atoms with van der Waals surface area (Å²) in [5.41, 5.74) is 0.891. The summed E-state index contributed by atoms with van der Waals surface area (Å²) in [5, 5.41) is 13.7. The molecule has 1 unspecified atom stereocenters. The number of amides is 2. The molecule has 1 atom stereocenters. The zero-order valence-corrected chi connectivity index (χ0v) is 17.3. The standard InChI is InChI=1S/C20H21N3O6S/c1-13-11-14(8-9-17(13)23(26)27)20(25)22-10-4-7-18(22)19(24)21-15-5-3-6-16(12-15)30(2,28)29/h3,5-6,8-9,11-12,18H,4,7,10H2,1-2H3,(H,21,24). The predicted octanol–water partition coefficient (Wildman–Crippen LogP) is 2.55. The Morgan fingerprint density at radius 2 is 1.93 bits per heavy atom. The lowest BCUT2D eigenvalue weighted by Crippen LogP contribution is -2.43.